The molecule has 1 aliphatic heterocycles. The summed E-state index contributed by atoms with van der Waals surface area (Å²) in [6, 6.07) is 101. The lowest BCUT2D eigenvalue weighted by atomic mass is 9.67. The third-order valence-electron chi connectivity index (χ3n) is 16.6. The van der Waals surface area contributed by atoms with E-state index < -0.39 is 10.8 Å². The largest absolute Gasteiger partial charge is 0.455 e. The van der Waals surface area contributed by atoms with Gasteiger partial charge < -0.3 is 9.32 Å². The molecule has 1 spiro atoms. The van der Waals surface area contributed by atoms with Gasteiger partial charge in [0, 0.05) is 42.6 Å². The number of hydrogen-bond acceptors (Lipinski definition) is 3. The molecule has 75 heavy (non-hydrogen) atoms. The molecule has 13 aromatic rings. The lowest BCUT2D eigenvalue weighted by molar-refractivity contribution is 0.672. The molecular formula is C72H45NOS. The number of benzene rings is 12. The van der Waals surface area contributed by atoms with Crippen LogP contribution in [0.2, 0.25) is 0 Å². The minimum atomic E-state index is -0.551. The molecule has 0 fully saturated rings. The summed E-state index contributed by atoms with van der Waals surface area (Å²) in [5.74, 6) is 0. The third kappa shape index (κ3) is 5.82. The van der Waals surface area contributed by atoms with Crippen molar-refractivity contribution in [3.63, 3.8) is 0 Å². The number of nitrogens with zero attached hydrogens (tertiary/aromatic N) is 1. The smallest absolute Gasteiger partial charge is 0.143 e. The lowest BCUT2D eigenvalue weighted by Crippen LogP contribution is -2.31. The van der Waals surface area contributed by atoms with E-state index in [1.807, 2.05) is 11.8 Å². The van der Waals surface area contributed by atoms with Gasteiger partial charge in [-0.2, -0.15) is 0 Å². The van der Waals surface area contributed by atoms with Crippen molar-refractivity contribution >= 4 is 61.5 Å². The zero-order valence-corrected chi connectivity index (χ0v) is 41.6. The van der Waals surface area contributed by atoms with Crippen molar-refractivity contribution < 1.29 is 4.42 Å². The molecular weight excluding hydrogens is 927 g/mol. The average Bonchev–Trinajstić information content (AvgIpc) is 4.19. The molecule has 3 aliphatic rings. The molecule has 0 atom stereocenters. The molecule has 0 radical (unpaired) electrons. The Balaban J connectivity index is 0.907. The summed E-state index contributed by atoms with van der Waals surface area (Å²) in [4.78, 5) is 5.13. The fourth-order valence-corrected chi connectivity index (χ4v) is 14.8. The number of para-hydroxylation sites is 1. The van der Waals surface area contributed by atoms with Gasteiger partial charge in [-0.25, -0.2) is 0 Å². The highest BCUT2D eigenvalue weighted by atomic mass is 32.2. The van der Waals surface area contributed by atoms with Gasteiger partial charge in [-0.15, -0.1) is 0 Å². The second kappa shape index (κ2) is 16.2. The molecule has 0 saturated carbocycles. The Bertz CT molecular complexity index is 4370. The van der Waals surface area contributed by atoms with Crippen LogP contribution in [0, 0.1) is 0 Å². The van der Waals surface area contributed by atoms with Crippen molar-refractivity contribution in [2.45, 2.75) is 20.6 Å². The molecule has 350 valence electrons. The van der Waals surface area contributed by atoms with Crippen LogP contribution in [0.3, 0.4) is 0 Å². The first kappa shape index (κ1) is 42.4. The van der Waals surface area contributed by atoms with Crippen LogP contribution < -0.4 is 4.90 Å². The number of rotatable bonds is 6. The molecule has 0 unspecified atom stereocenters. The van der Waals surface area contributed by atoms with E-state index in [-0.39, 0.29) is 0 Å². The van der Waals surface area contributed by atoms with Crippen LogP contribution in [-0.2, 0) is 10.8 Å². The van der Waals surface area contributed by atoms with E-state index in [0.717, 1.165) is 55.3 Å². The molecule has 0 saturated heterocycles. The maximum absolute atomic E-state index is 6.73. The number of furan rings is 1. The zero-order valence-electron chi connectivity index (χ0n) is 40.7. The van der Waals surface area contributed by atoms with Gasteiger partial charge in [0.2, 0.25) is 0 Å². The molecule has 1 aromatic heterocycles. The molecule has 16 rings (SSSR count). The quantitative estimate of drug-likeness (QED) is 0.165. The van der Waals surface area contributed by atoms with E-state index in [1.54, 1.807) is 0 Å². The van der Waals surface area contributed by atoms with E-state index >= 15 is 0 Å². The van der Waals surface area contributed by atoms with Gasteiger partial charge in [0.05, 0.1) is 22.2 Å². The Morgan fingerprint density at radius 3 is 1.57 bits per heavy atom. The van der Waals surface area contributed by atoms with Gasteiger partial charge in [0.1, 0.15) is 11.2 Å². The molecule has 2 aliphatic carbocycles. The fraction of sp³-hybridized carbons (Fsp3) is 0.0278. The SMILES string of the molecule is c1ccc(C2(c3ccccc3)c3ccccc3-c3c(N(c4ccc(-c5ccc6c(c5)-c5ccccc5C65c6ccccc6Sc6ccccc65)cc4)c4cccc5c4ccc4c6ccccc6oc54)cccc32)cc1. The first-order chi connectivity index (χ1) is 37.2. The van der Waals surface area contributed by atoms with Crippen LogP contribution in [0.5, 0.6) is 0 Å². The highest BCUT2D eigenvalue weighted by Crippen LogP contribution is 2.63. The van der Waals surface area contributed by atoms with Crippen molar-refractivity contribution in [2.24, 2.45) is 0 Å². The second-order valence-electron chi connectivity index (χ2n) is 20.2. The summed E-state index contributed by atoms with van der Waals surface area (Å²) in [6.45, 7) is 0. The summed E-state index contributed by atoms with van der Waals surface area (Å²) in [5, 5.41) is 4.44. The molecule has 3 heteroatoms. The van der Waals surface area contributed by atoms with E-state index in [1.165, 1.54) is 82.1 Å². The topological polar surface area (TPSA) is 16.4 Å². The molecule has 0 N–H and O–H groups in total. The van der Waals surface area contributed by atoms with Crippen LogP contribution in [-0.4, -0.2) is 0 Å². The van der Waals surface area contributed by atoms with Gasteiger partial charge in [0.15, 0.2) is 0 Å². The monoisotopic (exact) mass is 971 g/mol. The lowest BCUT2D eigenvalue weighted by Gasteiger charge is -2.39. The fourth-order valence-electron chi connectivity index (χ4n) is 13.6. The Hall–Kier alpha value is -9.15. The number of anilines is 3. The molecule has 2 nitrogen and oxygen atoms in total. The maximum Gasteiger partial charge on any atom is 0.143 e. The predicted octanol–water partition coefficient (Wildman–Crippen LogP) is 19.1. The van der Waals surface area contributed by atoms with Gasteiger partial charge in [-0.05, 0) is 127 Å². The highest BCUT2D eigenvalue weighted by Gasteiger charge is 2.51. The van der Waals surface area contributed by atoms with Gasteiger partial charge >= 0.3 is 0 Å². The normalized spacial score (nSPS) is 14.0. The standard InChI is InChI=1S/C72H45NOS/c1-3-19-48(20-4-1)71(49-21-5-2-6-22-49)59-28-11-8-25-56(59)69-63(71)31-18-33-65(69)73(64-32-17-26-54-52(64)42-43-55-53-24-9-14-34-66(53)74-70(54)55)50-40-37-46(38-41-50)47-39-44-60-57(45-47)51-23-7-10-27-58(51)72(60)61-29-12-15-35-67(61)75-68-36-16-13-30-62(68)72/h1-45H. The van der Waals surface area contributed by atoms with E-state index in [4.69, 9.17) is 4.42 Å². The van der Waals surface area contributed by atoms with Crippen LogP contribution in [0.4, 0.5) is 17.1 Å². The third-order valence-corrected chi connectivity index (χ3v) is 17.8. The summed E-state index contributed by atoms with van der Waals surface area (Å²) >= 11 is 1.89. The zero-order chi connectivity index (χ0) is 49.2. The second-order valence-corrected chi connectivity index (χ2v) is 21.3. The molecule has 2 heterocycles. The maximum atomic E-state index is 6.73. The van der Waals surface area contributed by atoms with Gasteiger partial charge in [0.25, 0.3) is 0 Å². The summed E-state index contributed by atoms with van der Waals surface area (Å²) in [7, 11) is 0. The van der Waals surface area contributed by atoms with Crippen LogP contribution in [0.25, 0.3) is 66.1 Å². The number of hydrogen-bond donors (Lipinski definition) is 0. The van der Waals surface area contributed by atoms with E-state index in [9.17, 15) is 0 Å². The Morgan fingerprint density at radius 1 is 0.320 bits per heavy atom. The molecule has 0 bridgehead atoms. The van der Waals surface area contributed by atoms with Crippen molar-refractivity contribution in [1.29, 1.82) is 0 Å². The van der Waals surface area contributed by atoms with Crippen LogP contribution in [0.15, 0.2) is 287 Å². The highest BCUT2D eigenvalue weighted by molar-refractivity contribution is 7.99. The van der Waals surface area contributed by atoms with E-state index in [2.05, 4.69) is 278 Å². The van der Waals surface area contributed by atoms with Crippen LogP contribution in [0.1, 0.15) is 44.5 Å². The van der Waals surface area contributed by atoms with Crippen molar-refractivity contribution in [3.05, 3.63) is 317 Å². The Labute approximate surface area is 439 Å². The minimum Gasteiger partial charge on any atom is -0.455 e. The first-order valence-electron chi connectivity index (χ1n) is 25.9. The Kier molecular flexibility index (Phi) is 9.14. The van der Waals surface area contributed by atoms with Crippen molar-refractivity contribution in [2.75, 3.05) is 4.90 Å². The van der Waals surface area contributed by atoms with E-state index in [0.29, 0.717) is 0 Å². The van der Waals surface area contributed by atoms with Crippen molar-refractivity contribution in [1.82, 2.24) is 0 Å². The average molecular weight is 972 g/mol. The first-order valence-corrected chi connectivity index (χ1v) is 26.7. The van der Waals surface area contributed by atoms with Crippen LogP contribution >= 0.6 is 11.8 Å². The summed E-state index contributed by atoms with van der Waals surface area (Å²) < 4.78 is 6.73. The predicted molar refractivity (Wildman–Crippen MR) is 310 cm³/mol. The van der Waals surface area contributed by atoms with Gasteiger partial charge in [-0.1, -0.05) is 230 Å². The van der Waals surface area contributed by atoms with Gasteiger partial charge in [-0.3, -0.25) is 0 Å². The molecule has 12 aromatic carbocycles. The minimum absolute atomic E-state index is 0.410. The summed E-state index contributed by atoms with van der Waals surface area (Å²) in [5.41, 5.74) is 21.9. The molecule has 0 amide bonds. The Morgan fingerprint density at radius 2 is 0.840 bits per heavy atom. The number of fused-ring (bicyclic) bond motifs is 17. The van der Waals surface area contributed by atoms with Crippen molar-refractivity contribution in [3.8, 4) is 33.4 Å². The summed E-state index contributed by atoms with van der Waals surface area (Å²) in [6.07, 6.45) is 0.